The van der Waals surface area contributed by atoms with Gasteiger partial charge in [-0.05, 0) is 42.6 Å². The van der Waals surface area contributed by atoms with E-state index in [1.165, 1.54) is 0 Å². The highest BCUT2D eigenvalue weighted by atomic mass is 79.9. The highest BCUT2D eigenvalue weighted by Crippen LogP contribution is 2.38. The highest BCUT2D eigenvalue weighted by Gasteiger charge is 2.29. The molecule has 2 aromatic rings. The Morgan fingerprint density at radius 1 is 1.37 bits per heavy atom. The molecule has 0 saturated heterocycles. The molecule has 6 nitrogen and oxygen atoms in total. The number of halogens is 1. The molecule has 2 heterocycles. The molecule has 0 atom stereocenters. The molecule has 0 amide bonds. The molecule has 0 N–H and O–H groups in total. The van der Waals surface area contributed by atoms with Gasteiger partial charge >= 0.3 is 5.69 Å². The van der Waals surface area contributed by atoms with Crippen LogP contribution in [-0.4, -0.2) is 19.7 Å². The molecule has 3 rings (SSSR count). The summed E-state index contributed by atoms with van der Waals surface area (Å²) in [5, 5.41) is 3.92. The smallest absolute Gasteiger partial charge is 0.339 e. The van der Waals surface area contributed by atoms with Gasteiger partial charge in [0.25, 0.3) is 0 Å². The molecule has 0 unspecified atom stereocenters. The van der Waals surface area contributed by atoms with Crippen LogP contribution in [0.3, 0.4) is 0 Å². The molecule has 7 heteroatoms. The third-order valence-corrected chi connectivity index (χ3v) is 4.39. The molecule has 1 aliphatic rings. The second-order valence-electron chi connectivity index (χ2n) is 4.79. The Bertz CT molecular complexity index is 688. The molecule has 1 saturated carbocycles. The van der Waals surface area contributed by atoms with Crippen molar-refractivity contribution < 1.29 is 4.52 Å². The molecule has 1 fully saturated rings. The molecule has 19 heavy (non-hydrogen) atoms. The van der Waals surface area contributed by atoms with E-state index in [9.17, 15) is 4.79 Å². The van der Waals surface area contributed by atoms with E-state index < -0.39 is 0 Å². The van der Waals surface area contributed by atoms with Crippen LogP contribution >= 0.6 is 15.9 Å². The molecule has 1 aliphatic carbocycles. The van der Waals surface area contributed by atoms with Gasteiger partial charge in [0.2, 0.25) is 5.89 Å². The van der Waals surface area contributed by atoms with Crippen LogP contribution in [0.25, 0.3) is 0 Å². The topological polar surface area (TPSA) is 73.8 Å². The summed E-state index contributed by atoms with van der Waals surface area (Å²) in [5.74, 6) is 1.62. The Hall–Kier alpha value is -1.50. The Labute approximate surface area is 118 Å². The minimum Gasteiger partial charge on any atom is -0.339 e. The zero-order valence-corrected chi connectivity index (χ0v) is 12.3. The Morgan fingerprint density at radius 2 is 2.11 bits per heavy atom. The van der Waals surface area contributed by atoms with Gasteiger partial charge in [-0.3, -0.25) is 4.57 Å². The Kier molecular flexibility index (Phi) is 3.00. The quantitative estimate of drug-likeness (QED) is 0.862. The normalized spacial score (nSPS) is 14.9. The maximum atomic E-state index is 11.9. The molecule has 0 radical (unpaired) electrons. The molecular formula is C12H13BrN4O2. The first-order valence-corrected chi connectivity index (χ1v) is 6.91. The van der Waals surface area contributed by atoms with Crippen molar-refractivity contribution in [1.29, 1.82) is 0 Å². The van der Waals surface area contributed by atoms with Crippen LogP contribution in [0.1, 0.15) is 41.9 Å². The third-order valence-electron chi connectivity index (χ3n) is 3.24. The molecule has 0 spiro atoms. The van der Waals surface area contributed by atoms with E-state index in [1.54, 1.807) is 11.5 Å². The predicted molar refractivity (Wildman–Crippen MR) is 71.0 cm³/mol. The summed E-state index contributed by atoms with van der Waals surface area (Å²) < 4.78 is 7.56. The van der Waals surface area contributed by atoms with Crippen molar-refractivity contribution in [2.45, 2.75) is 39.2 Å². The van der Waals surface area contributed by atoms with E-state index in [4.69, 9.17) is 4.52 Å². The van der Waals surface area contributed by atoms with Crippen LogP contribution in [0.5, 0.6) is 0 Å². The summed E-state index contributed by atoms with van der Waals surface area (Å²) in [4.78, 5) is 20.2. The van der Waals surface area contributed by atoms with Crippen molar-refractivity contribution in [2.24, 2.45) is 0 Å². The van der Waals surface area contributed by atoms with Gasteiger partial charge in [0, 0.05) is 11.6 Å². The number of nitrogens with zero attached hydrogens (tertiary/aromatic N) is 4. The zero-order chi connectivity index (χ0) is 13.6. The van der Waals surface area contributed by atoms with Crippen molar-refractivity contribution in [3.8, 4) is 0 Å². The van der Waals surface area contributed by atoms with Crippen molar-refractivity contribution >= 4 is 15.9 Å². The van der Waals surface area contributed by atoms with Gasteiger partial charge in [-0.2, -0.15) is 9.97 Å². The van der Waals surface area contributed by atoms with Crippen LogP contribution in [0.2, 0.25) is 0 Å². The lowest BCUT2D eigenvalue weighted by molar-refractivity contribution is 0.372. The maximum Gasteiger partial charge on any atom is 0.348 e. The summed E-state index contributed by atoms with van der Waals surface area (Å²) >= 11 is 3.43. The fraction of sp³-hybridized carbons (Fsp3) is 0.500. The van der Waals surface area contributed by atoms with Gasteiger partial charge in [0.15, 0.2) is 5.82 Å². The number of aromatic nitrogens is 4. The van der Waals surface area contributed by atoms with Crippen molar-refractivity contribution in [2.75, 3.05) is 0 Å². The minimum absolute atomic E-state index is 0.284. The molecule has 2 aromatic heterocycles. The van der Waals surface area contributed by atoms with E-state index in [-0.39, 0.29) is 12.2 Å². The number of aryl methyl sites for hydroxylation is 1. The number of rotatable bonds is 3. The predicted octanol–water partition coefficient (Wildman–Crippen LogP) is 1.93. The van der Waals surface area contributed by atoms with Crippen molar-refractivity contribution in [3.63, 3.8) is 0 Å². The number of hydrogen-bond acceptors (Lipinski definition) is 5. The monoisotopic (exact) mass is 324 g/mol. The molecule has 0 aromatic carbocycles. The van der Waals surface area contributed by atoms with Gasteiger partial charge in [0.1, 0.15) is 0 Å². The molecular weight excluding hydrogens is 312 g/mol. The first kappa shape index (κ1) is 12.5. The Balaban J connectivity index is 1.93. The van der Waals surface area contributed by atoms with Crippen molar-refractivity contribution in [1.82, 2.24) is 19.7 Å². The van der Waals surface area contributed by atoms with Crippen LogP contribution in [0.15, 0.2) is 13.8 Å². The zero-order valence-electron chi connectivity index (χ0n) is 10.7. The van der Waals surface area contributed by atoms with E-state index >= 15 is 0 Å². The summed E-state index contributed by atoms with van der Waals surface area (Å²) in [5.41, 5.74) is 1.21. The van der Waals surface area contributed by atoms with E-state index in [1.807, 2.05) is 6.92 Å². The summed E-state index contributed by atoms with van der Waals surface area (Å²) in [6.45, 7) is 3.94. The minimum atomic E-state index is -0.295. The second kappa shape index (κ2) is 4.56. The lowest BCUT2D eigenvalue weighted by atomic mass is 10.3. The molecule has 0 aliphatic heterocycles. The maximum absolute atomic E-state index is 11.9. The third kappa shape index (κ3) is 2.34. The standard InChI is InChI=1S/C12H13BrN4O2/c1-6-10(13)7(2)17(12(18)14-6)5-9-15-11(19-16-9)8-3-4-8/h8H,3-5H2,1-2H3. The van der Waals surface area contributed by atoms with Gasteiger partial charge in [-0.1, -0.05) is 5.16 Å². The van der Waals surface area contributed by atoms with E-state index in [0.29, 0.717) is 23.3 Å². The van der Waals surface area contributed by atoms with Crippen LogP contribution in [0.4, 0.5) is 0 Å². The van der Waals surface area contributed by atoms with Crippen LogP contribution in [0, 0.1) is 13.8 Å². The van der Waals surface area contributed by atoms with Crippen LogP contribution < -0.4 is 5.69 Å². The summed E-state index contributed by atoms with van der Waals surface area (Å²) in [6.07, 6.45) is 2.22. The van der Waals surface area contributed by atoms with Gasteiger partial charge < -0.3 is 4.52 Å². The average molecular weight is 325 g/mol. The lowest BCUT2D eigenvalue weighted by Crippen LogP contribution is -2.27. The Morgan fingerprint density at radius 3 is 2.79 bits per heavy atom. The van der Waals surface area contributed by atoms with Gasteiger partial charge in [-0.15, -0.1) is 0 Å². The average Bonchev–Trinajstić information content (AvgIpc) is 3.12. The van der Waals surface area contributed by atoms with E-state index in [2.05, 4.69) is 31.1 Å². The van der Waals surface area contributed by atoms with Crippen molar-refractivity contribution in [3.05, 3.63) is 38.1 Å². The number of hydrogen-bond donors (Lipinski definition) is 0. The molecule has 100 valence electrons. The highest BCUT2D eigenvalue weighted by molar-refractivity contribution is 9.10. The van der Waals surface area contributed by atoms with Gasteiger partial charge in [-0.25, -0.2) is 4.79 Å². The fourth-order valence-corrected chi connectivity index (χ4v) is 2.23. The SMILES string of the molecule is Cc1nc(=O)n(Cc2noc(C3CC3)n2)c(C)c1Br. The lowest BCUT2D eigenvalue weighted by Gasteiger charge is -2.09. The van der Waals surface area contributed by atoms with E-state index in [0.717, 1.165) is 23.0 Å². The largest absolute Gasteiger partial charge is 0.348 e. The summed E-state index contributed by atoms with van der Waals surface area (Å²) in [7, 11) is 0. The first-order chi connectivity index (χ1) is 9.06. The second-order valence-corrected chi connectivity index (χ2v) is 5.58. The molecule has 0 bridgehead atoms. The fourth-order valence-electron chi connectivity index (χ4n) is 1.93. The summed E-state index contributed by atoms with van der Waals surface area (Å²) in [6, 6.07) is 0. The van der Waals surface area contributed by atoms with Crippen LogP contribution in [-0.2, 0) is 6.54 Å². The van der Waals surface area contributed by atoms with Gasteiger partial charge in [0.05, 0.1) is 16.7 Å². The first-order valence-electron chi connectivity index (χ1n) is 6.12.